The quantitative estimate of drug-likeness (QED) is 0.366. The third-order valence-electron chi connectivity index (χ3n) is 2.73. The fourth-order valence-electron chi connectivity index (χ4n) is 1.90. The topological polar surface area (TPSA) is 128 Å². The number of aliphatic hydroxyl groups excluding tert-OH is 4. The highest BCUT2D eigenvalue weighted by Gasteiger charge is 2.46. The molecule has 1 fully saturated rings. The number of carbonyl (C=O) groups excluding carboxylic acids is 1. The molecule has 1 aliphatic heterocycles. The zero-order valence-electron chi connectivity index (χ0n) is 10.6. The van der Waals surface area contributed by atoms with Crippen molar-refractivity contribution >= 4 is 5.91 Å². The summed E-state index contributed by atoms with van der Waals surface area (Å²) < 4.78 is 10.3. The average molecular weight is 278 g/mol. The molecule has 8 heteroatoms. The first kappa shape index (κ1) is 16.3. The summed E-state index contributed by atoms with van der Waals surface area (Å²) in [6.45, 7) is 3.94. The number of hydrogen-bond donors (Lipinski definition) is 5. The van der Waals surface area contributed by atoms with Crippen LogP contribution >= 0.6 is 0 Å². The van der Waals surface area contributed by atoms with Gasteiger partial charge in [0, 0.05) is 0 Å². The first-order valence-corrected chi connectivity index (χ1v) is 5.92. The Morgan fingerprint density at radius 1 is 1.47 bits per heavy atom. The Hall–Kier alpha value is -0.770. The molecule has 1 unspecified atom stereocenters. The van der Waals surface area contributed by atoms with Gasteiger partial charge in [-0.15, -0.1) is 0 Å². The van der Waals surface area contributed by atoms with Crippen LogP contribution in [0.2, 0.25) is 0 Å². The molecule has 1 amide bonds. The fourth-order valence-corrected chi connectivity index (χ4v) is 1.90. The Morgan fingerprint density at radius 3 is 2.58 bits per heavy atom. The van der Waals surface area contributed by atoms with Crippen molar-refractivity contribution < 1.29 is 34.7 Å². The predicted octanol–water partition coefficient (Wildman–Crippen LogP) is -2.86. The van der Waals surface area contributed by atoms with Gasteiger partial charge < -0.3 is 35.2 Å². The Kier molecular flexibility index (Phi) is 6.11. The van der Waals surface area contributed by atoms with E-state index in [-0.39, 0.29) is 0 Å². The lowest BCUT2D eigenvalue weighted by molar-refractivity contribution is -0.265. The Bertz CT molecular complexity index is 299. The smallest absolute Gasteiger partial charge is 0.246 e. The van der Waals surface area contributed by atoms with E-state index < -0.39 is 55.9 Å². The highest BCUT2D eigenvalue weighted by atomic mass is 16.6. The summed E-state index contributed by atoms with van der Waals surface area (Å²) in [6.07, 6.45) is -5.27. The van der Waals surface area contributed by atoms with Crippen LogP contribution in [0, 0.1) is 6.92 Å². The molecule has 0 saturated carbocycles. The van der Waals surface area contributed by atoms with Crippen molar-refractivity contribution in [3.63, 3.8) is 0 Å². The third-order valence-corrected chi connectivity index (χ3v) is 2.73. The van der Waals surface area contributed by atoms with Gasteiger partial charge in [-0.05, 0) is 13.8 Å². The minimum absolute atomic E-state index is 0.510. The average Bonchev–Trinajstić information content (AvgIpc) is 2.36. The van der Waals surface area contributed by atoms with Crippen LogP contribution in [0.4, 0.5) is 0 Å². The maximum Gasteiger partial charge on any atom is 0.246 e. The Morgan fingerprint density at radius 2 is 2.11 bits per heavy atom. The second-order valence-corrected chi connectivity index (χ2v) is 4.40. The highest BCUT2D eigenvalue weighted by molar-refractivity contribution is 5.77. The van der Waals surface area contributed by atoms with Gasteiger partial charge in [0.15, 0.2) is 6.29 Å². The van der Waals surface area contributed by atoms with Gasteiger partial charge in [-0.2, -0.15) is 0 Å². The van der Waals surface area contributed by atoms with E-state index in [1.807, 2.05) is 0 Å². The van der Waals surface area contributed by atoms with E-state index in [9.17, 15) is 15.0 Å². The van der Waals surface area contributed by atoms with Crippen molar-refractivity contribution in [3.8, 4) is 0 Å². The van der Waals surface area contributed by atoms with Gasteiger partial charge in [0.25, 0.3) is 0 Å². The lowest BCUT2D eigenvalue weighted by Crippen LogP contribution is -2.65. The van der Waals surface area contributed by atoms with Crippen molar-refractivity contribution in [3.05, 3.63) is 6.92 Å². The van der Waals surface area contributed by atoms with Crippen LogP contribution in [0.3, 0.4) is 0 Å². The lowest BCUT2D eigenvalue weighted by Gasteiger charge is -2.43. The molecule has 8 nitrogen and oxygen atoms in total. The SMILES string of the molecule is [CH2]C(C)O[C@H]1[C@H](O)[C@@H](CO)O[C@H](O)[C@@H]1NC(=O)CO. The van der Waals surface area contributed by atoms with Crippen molar-refractivity contribution in [2.24, 2.45) is 0 Å². The molecule has 0 bridgehead atoms. The molecule has 0 spiro atoms. The summed E-state index contributed by atoms with van der Waals surface area (Å²) in [5.74, 6) is -0.743. The number of amides is 1. The molecule has 0 aromatic carbocycles. The zero-order chi connectivity index (χ0) is 14.6. The predicted molar refractivity (Wildman–Crippen MR) is 62.7 cm³/mol. The van der Waals surface area contributed by atoms with E-state index in [4.69, 9.17) is 19.7 Å². The minimum Gasteiger partial charge on any atom is -0.394 e. The van der Waals surface area contributed by atoms with Gasteiger partial charge in [-0.25, -0.2) is 0 Å². The summed E-state index contributed by atoms with van der Waals surface area (Å²) in [5.41, 5.74) is 0. The molecule has 111 valence electrons. The molecule has 1 saturated heterocycles. The second kappa shape index (κ2) is 7.13. The number of carbonyl (C=O) groups is 1. The fraction of sp³-hybridized carbons (Fsp3) is 0.818. The van der Waals surface area contributed by atoms with Crippen LogP contribution in [0.1, 0.15) is 6.92 Å². The van der Waals surface area contributed by atoms with E-state index in [0.717, 1.165) is 0 Å². The Balaban J connectivity index is 2.86. The molecule has 1 radical (unpaired) electrons. The van der Waals surface area contributed by atoms with Gasteiger partial charge in [0.05, 0.1) is 12.7 Å². The van der Waals surface area contributed by atoms with Crippen molar-refractivity contribution in [2.75, 3.05) is 13.2 Å². The molecular weight excluding hydrogens is 258 g/mol. The molecule has 19 heavy (non-hydrogen) atoms. The third kappa shape index (κ3) is 4.10. The van der Waals surface area contributed by atoms with Crippen molar-refractivity contribution in [1.82, 2.24) is 5.32 Å². The van der Waals surface area contributed by atoms with Crippen LogP contribution < -0.4 is 5.32 Å². The summed E-state index contributed by atoms with van der Waals surface area (Å²) in [5, 5.41) is 39.8. The molecule has 0 aromatic heterocycles. The molecular formula is C11H20NO7. The van der Waals surface area contributed by atoms with Gasteiger partial charge in [-0.3, -0.25) is 4.79 Å². The number of aliphatic hydroxyl groups is 4. The molecule has 6 atom stereocenters. The standard InChI is InChI=1S/C11H20NO7/c1-5(2)18-10-8(12-7(15)4-14)11(17)19-6(3-13)9(10)16/h5-6,8-11,13-14,16-17H,1,3-4H2,2H3,(H,12,15)/t5?,6-,8-,9-,10-,11+/m1/s1. The summed E-state index contributed by atoms with van der Waals surface area (Å²) in [4.78, 5) is 11.2. The van der Waals surface area contributed by atoms with E-state index in [2.05, 4.69) is 12.2 Å². The zero-order valence-corrected chi connectivity index (χ0v) is 10.6. The monoisotopic (exact) mass is 278 g/mol. The normalized spacial score (nSPS) is 35.4. The summed E-state index contributed by atoms with van der Waals surface area (Å²) in [6, 6.07) is -1.07. The molecule has 5 N–H and O–H groups in total. The number of hydrogen-bond acceptors (Lipinski definition) is 7. The largest absolute Gasteiger partial charge is 0.394 e. The molecule has 0 aromatic rings. The van der Waals surface area contributed by atoms with E-state index in [1.54, 1.807) is 6.92 Å². The summed E-state index contributed by atoms with van der Waals surface area (Å²) in [7, 11) is 0. The number of rotatable bonds is 5. The minimum atomic E-state index is -1.47. The number of ether oxygens (including phenoxy) is 2. The molecule has 1 heterocycles. The lowest BCUT2D eigenvalue weighted by atomic mass is 9.96. The van der Waals surface area contributed by atoms with Gasteiger partial charge in [0.2, 0.25) is 5.91 Å². The maximum absolute atomic E-state index is 11.2. The van der Waals surface area contributed by atoms with Gasteiger partial charge in [-0.1, -0.05) is 0 Å². The van der Waals surface area contributed by atoms with E-state index >= 15 is 0 Å². The number of nitrogens with one attached hydrogen (secondary N) is 1. The highest BCUT2D eigenvalue weighted by Crippen LogP contribution is 2.23. The molecule has 1 rings (SSSR count). The van der Waals surface area contributed by atoms with Crippen LogP contribution in [0.5, 0.6) is 0 Å². The van der Waals surface area contributed by atoms with Crippen LogP contribution in [-0.4, -0.2) is 76.3 Å². The maximum atomic E-state index is 11.2. The first-order chi connectivity index (χ1) is 8.90. The van der Waals surface area contributed by atoms with E-state index in [0.29, 0.717) is 0 Å². The Labute approximate surface area is 110 Å². The second-order valence-electron chi connectivity index (χ2n) is 4.40. The van der Waals surface area contributed by atoms with Crippen LogP contribution in [-0.2, 0) is 14.3 Å². The van der Waals surface area contributed by atoms with Crippen LogP contribution in [0.15, 0.2) is 0 Å². The van der Waals surface area contributed by atoms with Crippen molar-refractivity contribution in [1.29, 1.82) is 0 Å². The van der Waals surface area contributed by atoms with Gasteiger partial charge in [0.1, 0.15) is 31.0 Å². The summed E-state index contributed by atoms with van der Waals surface area (Å²) >= 11 is 0. The molecule has 1 aliphatic rings. The van der Waals surface area contributed by atoms with E-state index in [1.165, 1.54) is 0 Å². The van der Waals surface area contributed by atoms with Gasteiger partial charge >= 0.3 is 0 Å². The van der Waals surface area contributed by atoms with Crippen LogP contribution in [0.25, 0.3) is 0 Å². The molecule has 0 aliphatic carbocycles. The first-order valence-electron chi connectivity index (χ1n) is 5.92. The van der Waals surface area contributed by atoms with Crippen molar-refractivity contribution in [2.45, 2.75) is 43.7 Å².